The van der Waals surface area contributed by atoms with Crippen molar-refractivity contribution in [3.63, 3.8) is 0 Å². The molecule has 1 aromatic rings. The van der Waals surface area contributed by atoms with Crippen LogP contribution >= 0.6 is 0 Å². The number of halogens is 1. The van der Waals surface area contributed by atoms with Crippen molar-refractivity contribution in [2.45, 2.75) is 18.9 Å². The number of para-hydroxylation sites is 1. The Hall–Kier alpha value is -2.16. The molecule has 0 unspecified atom stereocenters. The summed E-state index contributed by atoms with van der Waals surface area (Å²) in [4.78, 5) is 30.5. The highest BCUT2D eigenvalue weighted by Gasteiger charge is 2.43. The number of sulfone groups is 1. The number of nitrogens with zero attached hydrogens (tertiary/aromatic N) is 3. The van der Waals surface area contributed by atoms with E-state index in [2.05, 4.69) is 0 Å². The van der Waals surface area contributed by atoms with Gasteiger partial charge < -0.3 is 14.7 Å². The van der Waals surface area contributed by atoms with Crippen LogP contribution in [0.4, 0.5) is 10.1 Å². The highest BCUT2D eigenvalue weighted by molar-refractivity contribution is 7.91. The molecule has 7 nitrogen and oxygen atoms in total. The van der Waals surface area contributed by atoms with Crippen LogP contribution in [0.5, 0.6) is 0 Å². The van der Waals surface area contributed by atoms with Crippen LogP contribution in [0.15, 0.2) is 24.3 Å². The lowest BCUT2D eigenvalue weighted by molar-refractivity contribution is -0.136. The third kappa shape index (κ3) is 3.72. The standard InChI is InChI=1S/C19H24FN3O4S/c20-16-3-1-2-4-17(16)21-6-8-22(9-7-21)19(25)14-11-18(24)23(12-14)15-5-10-28(26,27)13-15/h1-4,14-15H,5-13H2/t14-,15+/m1/s1. The Morgan fingerprint density at radius 1 is 1.11 bits per heavy atom. The molecule has 3 saturated heterocycles. The number of piperazine rings is 1. The van der Waals surface area contributed by atoms with E-state index in [9.17, 15) is 22.4 Å². The molecule has 28 heavy (non-hydrogen) atoms. The quantitative estimate of drug-likeness (QED) is 0.727. The van der Waals surface area contributed by atoms with Gasteiger partial charge in [0.15, 0.2) is 9.84 Å². The number of benzene rings is 1. The third-order valence-electron chi connectivity index (χ3n) is 5.94. The predicted molar refractivity (Wildman–Crippen MR) is 102 cm³/mol. The van der Waals surface area contributed by atoms with E-state index in [-0.39, 0.29) is 41.6 Å². The molecule has 0 aromatic heterocycles. The Labute approximate surface area is 164 Å². The van der Waals surface area contributed by atoms with Gasteiger partial charge in [0.2, 0.25) is 11.8 Å². The van der Waals surface area contributed by atoms with Crippen LogP contribution < -0.4 is 4.90 Å². The molecule has 152 valence electrons. The number of hydrogen-bond donors (Lipinski definition) is 0. The topological polar surface area (TPSA) is 78.0 Å². The van der Waals surface area contributed by atoms with Gasteiger partial charge in [0.05, 0.1) is 23.1 Å². The maximum atomic E-state index is 14.0. The maximum absolute atomic E-state index is 14.0. The molecule has 2 atom stereocenters. The van der Waals surface area contributed by atoms with Crippen molar-refractivity contribution < 1.29 is 22.4 Å². The van der Waals surface area contributed by atoms with Crippen molar-refractivity contribution in [2.24, 2.45) is 5.92 Å². The molecule has 0 spiro atoms. The first kappa shape index (κ1) is 19.2. The minimum Gasteiger partial charge on any atom is -0.366 e. The van der Waals surface area contributed by atoms with Gasteiger partial charge in [-0.1, -0.05) is 12.1 Å². The summed E-state index contributed by atoms with van der Waals surface area (Å²) in [6.07, 6.45) is 0.596. The van der Waals surface area contributed by atoms with E-state index in [1.165, 1.54) is 6.07 Å². The largest absolute Gasteiger partial charge is 0.366 e. The average molecular weight is 409 g/mol. The molecular formula is C19H24FN3O4S. The van der Waals surface area contributed by atoms with E-state index >= 15 is 0 Å². The van der Waals surface area contributed by atoms with Crippen molar-refractivity contribution in [3.05, 3.63) is 30.1 Å². The molecular weight excluding hydrogens is 385 g/mol. The molecule has 4 rings (SSSR count). The lowest BCUT2D eigenvalue weighted by Crippen LogP contribution is -2.51. The van der Waals surface area contributed by atoms with E-state index < -0.39 is 15.8 Å². The van der Waals surface area contributed by atoms with Gasteiger partial charge in [-0.15, -0.1) is 0 Å². The molecule has 3 fully saturated rings. The molecule has 9 heteroatoms. The zero-order chi connectivity index (χ0) is 19.9. The first-order chi connectivity index (χ1) is 13.3. The zero-order valence-corrected chi connectivity index (χ0v) is 16.4. The number of anilines is 1. The van der Waals surface area contributed by atoms with Gasteiger partial charge in [-0.25, -0.2) is 12.8 Å². The van der Waals surface area contributed by atoms with E-state index in [0.29, 0.717) is 44.8 Å². The van der Waals surface area contributed by atoms with E-state index in [1.807, 2.05) is 4.90 Å². The summed E-state index contributed by atoms with van der Waals surface area (Å²) in [6, 6.07) is 6.30. The van der Waals surface area contributed by atoms with Gasteiger partial charge in [0.1, 0.15) is 5.82 Å². The Morgan fingerprint density at radius 2 is 1.82 bits per heavy atom. The van der Waals surface area contributed by atoms with Gasteiger partial charge in [-0.3, -0.25) is 9.59 Å². The Balaban J connectivity index is 1.35. The highest BCUT2D eigenvalue weighted by Crippen LogP contribution is 2.28. The summed E-state index contributed by atoms with van der Waals surface area (Å²) in [5.41, 5.74) is 0.541. The summed E-state index contributed by atoms with van der Waals surface area (Å²) in [7, 11) is -3.08. The molecule has 3 aliphatic heterocycles. The number of rotatable bonds is 3. The molecule has 3 aliphatic rings. The van der Waals surface area contributed by atoms with Crippen LogP contribution in [-0.4, -0.2) is 80.3 Å². The molecule has 0 saturated carbocycles. The summed E-state index contributed by atoms with van der Waals surface area (Å²) in [6.45, 7) is 2.34. The Kier molecular flexibility index (Phi) is 5.03. The van der Waals surface area contributed by atoms with Gasteiger partial charge >= 0.3 is 0 Å². The van der Waals surface area contributed by atoms with Crippen molar-refractivity contribution in [1.82, 2.24) is 9.80 Å². The Bertz CT molecular complexity index is 883. The van der Waals surface area contributed by atoms with Crippen molar-refractivity contribution in [2.75, 3.05) is 49.1 Å². The SMILES string of the molecule is O=C([C@@H]1CC(=O)N([C@H]2CCS(=O)(=O)C2)C1)N1CCN(c2ccccc2F)CC1. The number of carbonyl (C=O) groups excluding carboxylic acids is 2. The van der Waals surface area contributed by atoms with Gasteiger partial charge in [-0.2, -0.15) is 0 Å². The third-order valence-corrected chi connectivity index (χ3v) is 7.69. The van der Waals surface area contributed by atoms with Gasteiger partial charge in [0, 0.05) is 45.2 Å². The monoisotopic (exact) mass is 409 g/mol. The van der Waals surface area contributed by atoms with Crippen LogP contribution in [0, 0.1) is 11.7 Å². The molecule has 0 N–H and O–H groups in total. The van der Waals surface area contributed by atoms with Crippen LogP contribution in [-0.2, 0) is 19.4 Å². The fourth-order valence-electron chi connectivity index (χ4n) is 4.41. The number of likely N-dealkylation sites (tertiary alicyclic amines) is 1. The fourth-order valence-corrected chi connectivity index (χ4v) is 6.14. The normalized spacial score (nSPS) is 27.5. The molecule has 0 radical (unpaired) electrons. The maximum Gasteiger partial charge on any atom is 0.228 e. The Morgan fingerprint density at radius 3 is 2.46 bits per heavy atom. The molecule has 3 heterocycles. The minimum atomic E-state index is -3.08. The van der Waals surface area contributed by atoms with Crippen LogP contribution in [0.25, 0.3) is 0 Å². The molecule has 0 bridgehead atoms. The van der Waals surface area contributed by atoms with Crippen LogP contribution in [0.3, 0.4) is 0 Å². The second kappa shape index (κ2) is 7.35. The first-order valence-electron chi connectivity index (χ1n) is 9.62. The average Bonchev–Trinajstić information content (AvgIpc) is 3.23. The van der Waals surface area contributed by atoms with Gasteiger partial charge in [-0.05, 0) is 18.6 Å². The van der Waals surface area contributed by atoms with Crippen molar-refractivity contribution in [1.29, 1.82) is 0 Å². The second-order valence-electron chi connectivity index (χ2n) is 7.77. The molecule has 0 aliphatic carbocycles. The highest BCUT2D eigenvalue weighted by atomic mass is 32.2. The zero-order valence-electron chi connectivity index (χ0n) is 15.6. The number of hydrogen-bond acceptors (Lipinski definition) is 5. The van der Waals surface area contributed by atoms with Crippen LogP contribution in [0.2, 0.25) is 0 Å². The van der Waals surface area contributed by atoms with Crippen molar-refractivity contribution >= 4 is 27.3 Å². The van der Waals surface area contributed by atoms with E-state index in [4.69, 9.17) is 0 Å². The number of carbonyl (C=O) groups is 2. The van der Waals surface area contributed by atoms with Crippen LogP contribution in [0.1, 0.15) is 12.8 Å². The minimum absolute atomic E-state index is 0.000957. The first-order valence-corrected chi connectivity index (χ1v) is 11.4. The van der Waals surface area contributed by atoms with Gasteiger partial charge in [0.25, 0.3) is 0 Å². The fraction of sp³-hybridized carbons (Fsp3) is 0.579. The lowest BCUT2D eigenvalue weighted by atomic mass is 10.1. The summed E-state index contributed by atoms with van der Waals surface area (Å²) < 4.78 is 37.3. The number of amides is 2. The van der Waals surface area contributed by atoms with E-state index in [1.54, 1.807) is 28.0 Å². The summed E-state index contributed by atoms with van der Waals surface area (Å²) >= 11 is 0. The van der Waals surface area contributed by atoms with Crippen molar-refractivity contribution in [3.8, 4) is 0 Å². The summed E-state index contributed by atoms with van der Waals surface area (Å²) in [5, 5.41) is 0. The molecule has 2 amide bonds. The second-order valence-corrected chi connectivity index (χ2v) is 10.00. The predicted octanol–water partition coefficient (Wildman–Crippen LogP) is 0.510. The lowest BCUT2D eigenvalue weighted by Gasteiger charge is -2.37. The smallest absolute Gasteiger partial charge is 0.228 e. The molecule has 1 aromatic carbocycles. The van der Waals surface area contributed by atoms with E-state index in [0.717, 1.165) is 0 Å². The summed E-state index contributed by atoms with van der Waals surface area (Å²) in [5.74, 6) is -0.782.